The smallest absolute Gasteiger partial charge is 0.299 e. The molecular formula is C19H32O16. The van der Waals surface area contributed by atoms with Crippen molar-refractivity contribution in [3.63, 3.8) is 0 Å². The van der Waals surface area contributed by atoms with Gasteiger partial charge in [-0.3, -0.25) is 4.79 Å². The Kier molecular flexibility index (Phi) is 6.38. The molecule has 0 heterocycles. The Balaban J connectivity index is 3.22. The molecule has 0 aromatic carbocycles. The molecule has 3 atom stereocenters. The van der Waals surface area contributed by atoms with Gasteiger partial charge in [0.25, 0.3) is 23.5 Å². The van der Waals surface area contributed by atoms with E-state index >= 15 is 0 Å². The van der Waals surface area contributed by atoms with Crippen LogP contribution >= 0.6 is 0 Å². The molecule has 0 amide bonds. The third-order valence-electron chi connectivity index (χ3n) is 7.68. The SMILES string of the molecule is CC=C1C(O)(O)C(O)(O)C(O)(O)C2(CC(=O)C(C(O)(O)O)(C(O)(O)O)C(C)(O)C2C(C)C)C1(O)O. The summed E-state index contributed by atoms with van der Waals surface area (Å²) in [5.41, 5.74) is -13.2. The highest BCUT2D eigenvalue weighted by Crippen LogP contribution is 2.71. The minimum atomic E-state index is -4.70. The quantitative estimate of drug-likeness (QED) is 0.122. The lowest BCUT2D eigenvalue weighted by Crippen LogP contribution is -2.91. The van der Waals surface area contributed by atoms with Crippen LogP contribution in [0.3, 0.4) is 0 Å². The van der Waals surface area contributed by atoms with Crippen molar-refractivity contribution in [2.45, 2.75) is 74.8 Å². The van der Waals surface area contributed by atoms with Crippen molar-refractivity contribution in [1.82, 2.24) is 0 Å². The molecular weight excluding hydrogens is 484 g/mol. The van der Waals surface area contributed by atoms with Crippen molar-refractivity contribution in [3.8, 4) is 0 Å². The maximum absolute atomic E-state index is 13.3. The molecule has 0 radical (unpaired) electrons. The van der Waals surface area contributed by atoms with Crippen molar-refractivity contribution in [3.05, 3.63) is 11.6 Å². The van der Waals surface area contributed by atoms with Crippen LogP contribution in [0.25, 0.3) is 0 Å². The van der Waals surface area contributed by atoms with Crippen LogP contribution in [-0.4, -0.2) is 123 Å². The molecule has 16 nitrogen and oxygen atoms in total. The van der Waals surface area contributed by atoms with Crippen LogP contribution in [0.1, 0.15) is 34.1 Å². The van der Waals surface area contributed by atoms with Crippen molar-refractivity contribution >= 4 is 5.78 Å². The standard InChI is InChI=1S/C19H32O16/c1-5-8-14(22,23)12(16(26,27)17(28,29)15(8,24)25)6-9(20)13(18(30,31)32,19(33,34)35)11(4,21)10(12)7(2)3/h5,7,10,21-35H,6H2,1-4H3. The summed E-state index contributed by atoms with van der Waals surface area (Å²) in [5.74, 6) is -33.3. The number of rotatable bonds is 3. The molecule has 2 aliphatic carbocycles. The summed E-state index contributed by atoms with van der Waals surface area (Å²) in [6, 6.07) is 0. The molecule has 1 spiro atoms. The zero-order chi connectivity index (χ0) is 28.2. The first-order valence-corrected chi connectivity index (χ1v) is 10.2. The van der Waals surface area contributed by atoms with Gasteiger partial charge in [-0.1, -0.05) is 19.9 Å². The Labute approximate surface area is 197 Å². The van der Waals surface area contributed by atoms with Crippen LogP contribution in [0, 0.1) is 22.7 Å². The molecule has 2 fully saturated rings. The Morgan fingerprint density at radius 2 is 1.20 bits per heavy atom. The predicted molar refractivity (Wildman–Crippen MR) is 105 cm³/mol. The number of carbonyl (C=O) groups is 1. The topological polar surface area (TPSA) is 321 Å². The number of Topliss-reactive ketones (excluding diaryl/α,β-unsaturated/α-hetero) is 1. The van der Waals surface area contributed by atoms with E-state index in [1.807, 2.05) is 0 Å². The van der Waals surface area contributed by atoms with Gasteiger partial charge in [-0.25, -0.2) is 0 Å². The van der Waals surface area contributed by atoms with Crippen LogP contribution in [0.15, 0.2) is 11.6 Å². The predicted octanol–water partition coefficient (Wildman–Crippen LogP) is -7.10. The number of carbonyl (C=O) groups excluding carboxylic acids is 1. The average Bonchev–Trinajstić information content (AvgIpc) is 2.55. The zero-order valence-electron chi connectivity index (χ0n) is 19.1. The summed E-state index contributed by atoms with van der Waals surface area (Å²) in [6.07, 6.45) is -1.52. The lowest BCUT2D eigenvalue weighted by molar-refractivity contribution is -0.545. The summed E-state index contributed by atoms with van der Waals surface area (Å²) in [5, 5.41) is 157. The van der Waals surface area contributed by atoms with Crippen LogP contribution in [0.2, 0.25) is 0 Å². The fourth-order valence-corrected chi connectivity index (χ4v) is 6.54. The van der Waals surface area contributed by atoms with Gasteiger partial charge in [0, 0.05) is 17.9 Å². The number of ketones is 1. The molecule has 2 rings (SSSR count). The minimum absolute atomic E-state index is 0.336. The average molecular weight is 516 g/mol. The van der Waals surface area contributed by atoms with E-state index in [-0.39, 0.29) is 0 Å². The molecule has 2 aliphatic rings. The Morgan fingerprint density at radius 1 is 0.800 bits per heavy atom. The van der Waals surface area contributed by atoms with E-state index in [0.29, 0.717) is 13.0 Å². The van der Waals surface area contributed by atoms with E-state index in [9.17, 15) is 81.4 Å². The van der Waals surface area contributed by atoms with Crippen molar-refractivity contribution in [2.24, 2.45) is 22.7 Å². The van der Waals surface area contributed by atoms with Gasteiger partial charge in [-0.05, 0) is 19.8 Å². The summed E-state index contributed by atoms with van der Waals surface area (Å²) in [4.78, 5) is 13.3. The highest BCUT2D eigenvalue weighted by Gasteiger charge is 2.92. The molecule has 15 N–H and O–H groups in total. The monoisotopic (exact) mass is 516 g/mol. The minimum Gasteiger partial charge on any atom is -0.388 e. The third-order valence-corrected chi connectivity index (χ3v) is 7.68. The molecule has 0 aromatic rings. The first kappa shape index (κ1) is 30.0. The van der Waals surface area contributed by atoms with Gasteiger partial charge in [0.1, 0.15) is 5.41 Å². The maximum atomic E-state index is 13.3. The van der Waals surface area contributed by atoms with Gasteiger partial charge in [0.2, 0.25) is 17.0 Å². The molecule has 0 saturated heterocycles. The largest absolute Gasteiger partial charge is 0.388 e. The normalized spacial score (nSPS) is 37.2. The number of hydrogen-bond donors (Lipinski definition) is 15. The van der Waals surface area contributed by atoms with Gasteiger partial charge in [-0.2, -0.15) is 0 Å². The van der Waals surface area contributed by atoms with Crippen LogP contribution in [0.5, 0.6) is 0 Å². The van der Waals surface area contributed by atoms with Gasteiger partial charge < -0.3 is 76.6 Å². The zero-order valence-corrected chi connectivity index (χ0v) is 19.1. The van der Waals surface area contributed by atoms with Crippen molar-refractivity contribution in [2.75, 3.05) is 0 Å². The van der Waals surface area contributed by atoms with Crippen LogP contribution in [-0.2, 0) is 4.79 Å². The molecule has 35 heavy (non-hydrogen) atoms. The first-order valence-electron chi connectivity index (χ1n) is 10.2. The molecule has 0 aromatic heterocycles. The van der Waals surface area contributed by atoms with Crippen LogP contribution in [0.4, 0.5) is 0 Å². The van der Waals surface area contributed by atoms with Gasteiger partial charge >= 0.3 is 0 Å². The number of aliphatic hydroxyl groups is 15. The van der Waals surface area contributed by atoms with Crippen molar-refractivity contribution in [1.29, 1.82) is 0 Å². The third kappa shape index (κ3) is 2.95. The van der Waals surface area contributed by atoms with Crippen LogP contribution < -0.4 is 0 Å². The fraction of sp³-hybridized carbons (Fsp3) is 0.842. The van der Waals surface area contributed by atoms with Gasteiger partial charge in [-0.15, -0.1) is 0 Å². The molecule has 2 saturated carbocycles. The Morgan fingerprint density at radius 3 is 1.51 bits per heavy atom. The van der Waals surface area contributed by atoms with E-state index in [2.05, 4.69) is 0 Å². The Hall–Kier alpha value is -1.19. The summed E-state index contributed by atoms with van der Waals surface area (Å²) in [6.45, 7) is 3.35. The van der Waals surface area contributed by atoms with E-state index in [4.69, 9.17) is 0 Å². The summed E-state index contributed by atoms with van der Waals surface area (Å²) in [7, 11) is 0. The van der Waals surface area contributed by atoms with E-state index in [1.165, 1.54) is 0 Å². The van der Waals surface area contributed by atoms with E-state index in [0.717, 1.165) is 20.8 Å². The highest BCUT2D eigenvalue weighted by molar-refractivity contribution is 5.90. The molecule has 0 aliphatic heterocycles. The second kappa shape index (κ2) is 7.44. The molecule has 0 bridgehead atoms. The number of allylic oxidation sites excluding steroid dienone is 1. The molecule has 16 heteroatoms. The summed E-state index contributed by atoms with van der Waals surface area (Å²) < 4.78 is 0. The van der Waals surface area contributed by atoms with Crippen molar-refractivity contribution < 1.29 is 81.4 Å². The highest BCUT2D eigenvalue weighted by atomic mass is 16.7. The van der Waals surface area contributed by atoms with Gasteiger partial charge in [0.05, 0.1) is 5.60 Å². The second-order valence-electron chi connectivity index (χ2n) is 9.85. The van der Waals surface area contributed by atoms with E-state index in [1.54, 1.807) is 0 Å². The maximum Gasteiger partial charge on any atom is 0.299 e. The molecule has 204 valence electrons. The lowest BCUT2D eigenvalue weighted by atomic mass is 9.39. The Bertz CT molecular complexity index is 902. The molecule has 3 unspecified atom stereocenters. The van der Waals surface area contributed by atoms with Gasteiger partial charge in [0.15, 0.2) is 5.78 Å². The van der Waals surface area contributed by atoms with E-state index < -0.39 is 81.1 Å². The number of hydrogen-bond acceptors (Lipinski definition) is 16. The second-order valence-corrected chi connectivity index (χ2v) is 9.85. The lowest BCUT2D eigenvalue weighted by Gasteiger charge is -2.71. The summed E-state index contributed by atoms with van der Waals surface area (Å²) >= 11 is 0. The first-order chi connectivity index (χ1) is 15.1. The fourth-order valence-electron chi connectivity index (χ4n) is 6.54.